The first-order valence-electron chi connectivity index (χ1n) is 8.17. The summed E-state index contributed by atoms with van der Waals surface area (Å²) in [4.78, 5) is 12.5. The lowest BCUT2D eigenvalue weighted by molar-refractivity contribution is 0.0944. The van der Waals surface area contributed by atoms with Gasteiger partial charge in [-0.15, -0.1) is 0 Å². The van der Waals surface area contributed by atoms with Crippen molar-refractivity contribution in [1.29, 1.82) is 0 Å². The number of carbonyl (C=O) groups excluding carboxylic acids is 1. The highest BCUT2D eigenvalue weighted by Crippen LogP contribution is 2.27. The van der Waals surface area contributed by atoms with Crippen molar-refractivity contribution in [3.05, 3.63) is 46.8 Å². The summed E-state index contributed by atoms with van der Waals surface area (Å²) in [7, 11) is 3.23. The molecule has 0 saturated heterocycles. The van der Waals surface area contributed by atoms with Crippen LogP contribution in [0, 0.1) is 13.8 Å². The van der Waals surface area contributed by atoms with Gasteiger partial charge in [-0.1, -0.05) is 6.07 Å². The van der Waals surface area contributed by atoms with Gasteiger partial charge >= 0.3 is 0 Å². The van der Waals surface area contributed by atoms with Crippen molar-refractivity contribution in [1.82, 2.24) is 9.88 Å². The van der Waals surface area contributed by atoms with Gasteiger partial charge in [0.2, 0.25) is 0 Å². The number of nitrogens with one attached hydrogen (secondary N) is 1. The Balaban J connectivity index is 2.01. The molecule has 0 bridgehead atoms. The molecule has 2 rings (SSSR count). The summed E-state index contributed by atoms with van der Waals surface area (Å²) < 4.78 is 12.6. The number of benzene rings is 1. The van der Waals surface area contributed by atoms with E-state index in [0.717, 1.165) is 35.5 Å². The maximum Gasteiger partial charge on any atom is 0.268 e. The largest absolute Gasteiger partial charge is 0.493 e. The predicted octanol–water partition coefficient (Wildman–Crippen LogP) is 3.11. The first kappa shape index (κ1) is 17.9. The third-order valence-electron chi connectivity index (χ3n) is 4.17. The van der Waals surface area contributed by atoms with Gasteiger partial charge in [-0.2, -0.15) is 0 Å². The van der Waals surface area contributed by atoms with Crippen molar-refractivity contribution in [2.45, 2.75) is 33.7 Å². The first-order chi connectivity index (χ1) is 11.5. The molecule has 0 spiro atoms. The molecule has 0 fully saturated rings. The summed E-state index contributed by atoms with van der Waals surface area (Å²) >= 11 is 0. The second-order valence-corrected chi connectivity index (χ2v) is 5.76. The predicted molar refractivity (Wildman–Crippen MR) is 95.2 cm³/mol. The van der Waals surface area contributed by atoms with Crippen LogP contribution in [0.5, 0.6) is 11.5 Å². The van der Waals surface area contributed by atoms with Gasteiger partial charge in [0.25, 0.3) is 5.91 Å². The monoisotopic (exact) mass is 330 g/mol. The zero-order valence-corrected chi connectivity index (χ0v) is 15.1. The Kier molecular flexibility index (Phi) is 5.90. The number of rotatable bonds is 7. The van der Waals surface area contributed by atoms with E-state index in [1.807, 2.05) is 49.6 Å². The molecule has 0 unspecified atom stereocenters. The fourth-order valence-electron chi connectivity index (χ4n) is 3.00. The van der Waals surface area contributed by atoms with Crippen molar-refractivity contribution in [3.8, 4) is 11.5 Å². The minimum atomic E-state index is -0.0251. The fraction of sp³-hybridized carbons (Fsp3) is 0.421. The van der Waals surface area contributed by atoms with Crippen LogP contribution in [0.1, 0.15) is 34.2 Å². The molecule has 1 N–H and O–H groups in total. The number of carbonyl (C=O) groups is 1. The van der Waals surface area contributed by atoms with Gasteiger partial charge in [-0.3, -0.25) is 4.79 Å². The average Bonchev–Trinajstić information content (AvgIpc) is 2.87. The van der Waals surface area contributed by atoms with E-state index >= 15 is 0 Å². The average molecular weight is 330 g/mol. The summed E-state index contributed by atoms with van der Waals surface area (Å²) in [5.41, 5.74) is 3.96. The van der Waals surface area contributed by atoms with Gasteiger partial charge in [0, 0.05) is 18.8 Å². The van der Waals surface area contributed by atoms with E-state index in [-0.39, 0.29) is 5.91 Å². The highest BCUT2D eigenvalue weighted by Gasteiger charge is 2.16. The van der Waals surface area contributed by atoms with Crippen LogP contribution in [0.4, 0.5) is 0 Å². The normalized spacial score (nSPS) is 10.5. The molecule has 1 aromatic heterocycles. The van der Waals surface area contributed by atoms with Crippen LogP contribution in [0.3, 0.4) is 0 Å². The third kappa shape index (κ3) is 3.72. The number of methoxy groups -OCH3 is 2. The second-order valence-electron chi connectivity index (χ2n) is 5.76. The van der Waals surface area contributed by atoms with Crippen LogP contribution in [-0.4, -0.2) is 31.2 Å². The third-order valence-corrected chi connectivity index (χ3v) is 4.17. The Morgan fingerprint density at radius 1 is 1.12 bits per heavy atom. The zero-order valence-electron chi connectivity index (χ0n) is 15.1. The van der Waals surface area contributed by atoms with Crippen LogP contribution < -0.4 is 14.8 Å². The molecule has 0 aliphatic carbocycles. The Bertz CT molecular complexity index is 720. The zero-order chi connectivity index (χ0) is 17.7. The van der Waals surface area contributed by atoms with Crippen LogP contribution >= 0.6 is 0 Å². The fourth-order valence-corrected chi connectivity index (χ4v) is 3.00. The lowest BCUT2D eigenvalue weighted by atomic mass is 10.1. The van der Waals surface area contributed by atoms with Gasteiger partial charge < -0.3 is 19.4 Å². The van der Waals surface area contributed by atoms with Crippen LogP contribution in [0.15, 0.2) is 24.3 Å². The van der Waals surface area contributed by atoms with Crippen molar-refractivity contribution >= 4 is 5.91 Å². The molecule has 0 aliphatic heterocycles. The lowest BCUT2D eigenvalue weighted by Crippen LogP contribution is -2.28. The van der Waals surface area contributed by atoms with Gasteiger partial charge in [-0.25, -0.2) is 0 Å². The highest BCUT2D eigenvalue weighted by atomic mass is 16.5. The summed E-state index contributed by atoms with van der Waals surface area (Å²) in [6, 6.07) is 7.85. The van der Waals surface area contributed by atoms with Crippen LogP contribution in [0.25, 0.3) is 0 Å². The molecule has 1 aromatic carbocycles. The van der Waals surface area contributed by atoms with Crippen molar-refractivity contribution in [3.63, 3.8) is 0 Å². The van der Waals surface area contributed by atoms with E-state index in [2.05, 4.69) is 5.32 Å². The van der Waals surface area contributed by atoms with E-state index in [1.165, 1.54) is 0 Å². The minimum Gasteiger partial charge on any atom is -0.493 e. The van der Waals surface area contributed by atoms with Gasteiger partial charge in [-0.05, 0) is 56.5 Å². The number of amides is 1. The van der Waals surface area contributed by atoms with E-state index < -0.39 is 0 Å². The minimum absolute atomic E-state index is 0.0251. The molecule has 0 atom stereocenters. The Morgan fingerprint density at radius 2 is 1.83 bits per heavy atom. The topological polar surface area (TPSA) is 52.5 Å². The number of hydrogen-bond donors (Lipinski definition) is 1. The molecule has 130 valence electrons. The van der Waals surface area contributed by atoms with E-state index in [0.29, 0.717) is 18.0 Å². The van der Waals surface area contributed by atoms with Crippen molar-refractivity contribution < 1.29 is 14.3 Å². The molecule has 24 heavy (non-hydrogen) atoms. The van der Waals surface area contributed by atoms with Crippen LogP contribution in [0.2, 0.25) is 0 Å². The molecule has 5 nitrogen and oxygen atoms in total. The SMILES string of the molecule is CCn1c(C)cc(C)c1C(=O)NCCc1ccc(OC)c(OC)c1. The molecule has 5 heteroatoms. The molecule has 0 saturated carbocycles. The maximum atomic E-state index is 12.5. The van der Waals surface area contributed by atoms with E-state index in [4.69, 9.17) is 9.47 Å². The van der Waals surface area contributed by atoms with Crippen LogP contribution in [-0.2, 0) is 13.0 Å². The number of nitrogens with zero attached hydrogens (tertiary/aromatic N) is 1. The summed E-state index contributed by atoms with van der Waals surface area (Å²) in [5.74, 6) is 1.38. The molecule has 1 amide bonds. The Labute approximate surface area is 143 Å². The number of ether oxygens (including phenoxy) is 2. The smallest absolute Gasteiger partial charge is 0.268 e. The van der Waals surface area contributed by atoms with Gasteiger partial charge in [0.1, 0.15) is 5.69 Å². The number of aryl methyl sites for hydroxylation is 2. The molecule has 0 aliphatic rings. The second kappa shape index (κ2) is 7.90. The van der Waals surface area contributed by atoms with Crippen molar-refractivity contribution in [2.75, 3.05) is 20.8 Å². The number of hydrogen-bond acceptors (Lipinski definition) is 3. The van der Waals surface area contributed by atoms with Gasteiger partial charge in [0.05, 0.1) is 14.2 Å². The summed E-state index contributed by atoms with van der Waals surface area (Å²) in [6.07, 6.45) is 0.733. The Morgan fingerprint density at radius 3 is 2.46 bits per heavy atom. The number of aromatic nitrogens is 1. The molecular formula is C19H26N2O3. The lowest BCUT2D eigenvalue weighted by Gasteiger charge is -2.12. The Hall–Kier alpha value is -2.43. The molecular weight excluding hydrogens is 304 g/mol. The molecule has 2 aromatic rings. The standard InChI is InChI=1S/C19H26N2O3/c1-6-21-14(3)11-13(2)18(21)19(22)20-10-9-15-7-8-16(23-4)17(12-15)24-5/h7-8,11-12H,6,9-10H2,1-5H3,(H,20,22). The molecule has 0 radical (unpaired) electrons. The van der Waals surface area contributed by atoms with E-state index in [9.17, 15) is 4.79 Å². The quantitative estimate of drug-likeness (QED) is 0.849. The van der Waals surface area contributed by atoms with Gasteiger partial charge in [0.15, 0.2) is 11.5 Å². The highest BCUT2D eigenvalue weighted by molar-refractivity contribution is 5.94. The summed E-state index contributed by atoms with van der Waals surface area (Å²) in [5, 5.41) is 3.01. The van der Waals surface area contributed by atoms with E-state index in [1.54, 1.807) is 14.2 Å². The van der Waals surface area contributed by atoms with Crippen molar-refractivity contribution in [2.24, 2.45) is 0 Å². The maximum absolute atomic E-state index is 12.5. The first-order valence-corrected chi connectivity index (χ1v) is 8.17. The molecule has 1 heterocycles. The summed E-state index contributed by atoms with van der Waals surface area (Å²) in [6.45, 7) is 7.41.